The minimum absolute atomic E-state index is 0.0838. The highest BCUT2D eigenvalue weighted by Crippen LogP contribution is 2.40. The van der Waals surface area contributed by atoms with Crippen LogP contribution in [0.1, 0.15) is 11.1 Å². The number of alkyl halides is 3. The van der Waals surface area contributed by atoms with Crippen LogP contribution in [0.2, 0.25) is 0 Å². The molecular formula is C26H21F3N4O4S. The summed E-state index contributed by atoms with van der Waals surface area (Å²) in [5.41, 5.74) is 9.59. The van der Waals surface area contributed by atoms with Gasteiger partial charge in [0.15, 0.2) is 0 Å². The average molecular weight is 543 g/mol. The van der Waals surface area contributed by atoms with Crippen LogP contribution in [0.15, 0.2) is 81.9 Å². The van der Waals surface area contributed by atoms with E-state index in [0.717, 1.165) is 28.3 Å². The lowest BCUT2D eigenvalue weighted by molar-refractivity contribution is -0.167. The molecule has 0 saturated heterocycles. The van der Waals surface area contributed by atoms with Gasteiger partial charge in [-0.05, 0) is 66.4 Å². The van der Waals surface area contributed by atoms with Gasteiger partial charge in [0.05, 0.1) is 11.4 Å². The fourth-order valence-electron chi connectivity index (χ4n) is 4.05. The molecular weight excluding hydrogens is 521 g/mol. The van der Waals surface area contributed by atoms with Crippen molar-refractivity contribution in [2.75, 3.05) is 11.1 Å². The van der Waals surface area contributed by atoms with Crippen molar-refractivity contribution in [3.8, 4) is 11.1 Å². The van der Waals surface area contributed by atoms with E-state index in [2.05, 4.69) is 10.2 Å². The van der Waals surface area contributed by atoms with Gasteiger partial charge in [0.25, 0.3) is 10.1 Å². The maximum absolute atomic E-state index is 13.0. The topological polar surface area (TPSA) is 134 Å². The molecule has 1 amide bonds. The first-order valence-corrected chi connectivity index (χ1v) is 12.5. The van der Waals surface area contributed by atoms with Crippen LogP contribution >= 0.6 is 0 Å². The Morgan fingerprint density at radius 1 is 0.895 bits per heavy atom. The number of azo groups is 1. The van der Waals surface area contributed by atoms with Crippen molar-refractivity contribution >= 4 is 49.5 Å². The quantitative estimate of drug-likeness (QED) is 0.144. The number of anilines is 2. The number of fused-ring (bicyclic) bond motifs is 1. The van der Waals surface area contributed by atoms with E-state index in [0.29, 0.717) is 11.4 Å². The first kappa shape index (κ1) is 26.8. The number of aryl methyl sites for hydroxylation is 2. The number of halogens is 3. The van der Waals surface area contributed by atoms with Gasteiger partial charge in [-0.3, -0.25) is 9.35 Å². The molecule has 0 aromatic heterocycles. The molecule has 38 heavy (non-hydrogen) atoms. The molecule has 196 valence electrons. The lowest BCUT2D eigenvalue weighted by atomic mass is 9.96. The van der Waals surface area contributed by atoms with Crippen molar-refractivity contribution < 1.29 is 30.9 Å². The molecule has 0 spiro atoms. The number of hydrogen-bond acceptors (Lipinski definition) is 6. The molecule has 12 heteroatoms. The van der Waals surface area contributed by atoms with Crippen LogP contribution in [0.25, 0.3) is 21.9 Å². The molecule has 4 N–H and O–H groups in total. The van der Waals surface area contributed by atoms with Gasteiger partial charge in [-0.15, -0.1) is 5.11 Å². The number of nitrogens with zero attached hydrogens (tertiary/aromatic N) is 2. The highest BCUT2D eigenvalue weighted by atomic mass is 32.2. The Bertz CT molecular complexity index is 1720. The third-order valence-electron chi connectivity index (χ3n) is 5.78. The second kappa shape index (κ2) is 9.88. The van der Waals surface area contributed by atoms with E-state index >= 15 is 0 Å². The van der Waals surface area contributed by atoms with Gasteiger partial charge in [-0.1, -0.05) is 36.4 Å². The fraction of sp³-hybridized carbons (Fsp3) is 0.115. The maximum atomic E-state index is 13.0. The van der Waals surface area contributed by atoms with Crippen LogP contribution < -0.4 is 11.1 Å². The Morgan fingerprint density at radius 3 is 2.08 bits per heavy atom. The summed E-state index contributed by atoms with van der Waals surface area (Å²) < 4.78 is 73.0. The molecule has 8 nitrogen and oxygen atoms in total. The molecule has 0 aliphatic carbocycles. The fourth-order valence-corrected chi connectivity index (χ4v) is 4.77. The normalized spacial score (nSPS) is 12.3. The molecule has 0 saturated carbocycles. The molecule has 0 aliphatic rings. The lowest BCUT2D eigenvalue weighted by Crippen LogP contribution is -2.30. The molecule has 0 fully saturated rings. The summed E-state index contributed by atoms with van der Waals surface area (Å²) in [6.45, 7) is 3.76. The Balaban J connectivity index is 1.83. The summed E-state index contributed by atoms with van der Waals surface area (Å²) in [5.74, 6) is -2.28. The predicted octanol–water partition coefficient (Wildman–Crippen LogP) is 6.87. The highest BCUT2D eigenvalue weighted by molar-refractivity contribution is 7.86. The van der Waals surface area contributed by atoms with E-state index in [1.54, 1.807) is 29.6 Å². The van der Waals surface area contributed by atoms with E-state index < -0.39 is 38.5 Å². The van der Waals surface area contributed by atoms with Crippen molar-refractivity contribution in [1.29, 1.82) is 0 Å². The van der Waals surface area contributed by atoms with E-state index in [9.17, 15) is 30.9 Å². The highest BCUT2D eigenvalue weighted by Gasteiger charge is 2.39. The number of nitrogens with two attached hydrogens (primary N) is 1. The van der Waals surface area contributed by atoms with Crippen molar-refractivity contribution in [3.05, 3.63) is 77.9 Å². The van der Waals surface area contributed by atoms with Crippen molar-refractivity contribution in [2.45, 2.75) is 24.9 Å². The smallest absolute Gasteiger partial charge is 0.399 e. The Hall–Kier alpha value is -4.29. The number of nitrogen functional groups attached to an aromatic ring is 1. The third-order valence-corrected chi connectivity index (χ3v) is 6.68. The second-order valence-corrected chi connectivity index (χ2v) is 9.90. The van der Waals surface area contributed by atoms with Crippen LogP contribution in [0.3, 0.4) is 0 Å². The van der Waals surface area contributed by atoms with Gasteiger partial charge >= 0.3 is 12.1 Å². The molecule has 4 aromatic carbocycles. The summed E-state index contributed by atoms with van der Waals surface area (Å²) in [6.07, 6.45) is -5.22. The zero-order valence-corrected chi connectivity index (χ0v) is 20.9. The van der Waals surface area contributed by atoms with Gasteiger partial charge in [0.1, 0.15) is 10.6 Å². The van der Waals surface area contributed by atoms with Gasteiger partial charge in [-0.25, -0.2) is 0 Å². The van der Waals surface area contributed by atoms with Crippen LogP contribution in [0, 0.1) is 13.8 Å². The SMILES string of the molecule is Cc1cc(N)ccc1-c1ccc(N=Nc2cc(S(=O)(=O)O)c3ccccc3c2NC(=O)C(F)(F)F)cc1C. The van der Waals surface area contributed by atoms with E-state index in [1.165, 1.54) is 24.3 Å². The Morgan fingerprint density at radius 2 is 1.50 bits per heavy atom. The Labute approximate surface area is 215 Å². The minimum Gasteiger partial charge on any atom is -0.399 e. The number of amides is 1. The zero-order valence-electron chi connectivity index (χ0n) is 20.0. The monoisotopic (exact) mass is 542 g/mol. The van der Waals surface area contributed by atoms with Crippen molar-refractivity contribution in [1.82, 2.24) is 0 Å². The first-order valence-electron chi connectivity index (χ1n) is 11.1. The predicted molar refractivity (Wildman–Crippen MR) is 138 cm³/mol. The number of nitrogens with one attached hydrogen (secondary N) is 1. The number of rotatable bonds is 5. The summed E-state index contributed by atoms with van der Waals surface area (Å²) in [7, 11) is -4.80. The van der Waals surface area contributed by atoms with Crippen LogP contribution in [0.4, 0.5) is 35.9 Å². The van der Waals surface area contributed by atoms with E-state index in [-0.39, 0.29) is 10.8 Å². The number of benzene rings is 4. The first-order chi connectivity index (χ1) is 17.8. The largest absolute Gasteiger partial charge is 0.471 e. The van der Waals surface area contributed by atoms with Crippen LogP contribution in [0.5, 0.6) is 0 Å². The summed E-state index contributed by atoms with van der Waals surface area (Å²) in [5, 5.41) is 9.59. The molecule has 0 unspecified atom stereocenters. The van der Waals surface area contributed by atoms with Crippen molar-refractivity contribution in [3.63, 3.8) is 0 Å². The molecule has 0 bridgehead atoms. The standard InChI is InChI=1S/C26H21F3N4O4S/c1-14-11-16(30)7-9-18(14)19-10-8-17(12-15(19)2)32-33-22-13-23(38(35,36)37)20-5-3-4-6-21(20)24(22)31-25(34)26(27,28)29/h3-13H,30H2,1-2H3,(H,31,34)(H,35,36,37). The average Bonchev–Trinajstić information content (AvgIpc) is 2.82. The molecule has 0 atom stereocenters. The molecule has 4 rings (SSSR count). The molecule has 0 heterocycles. The maximum Gasteiger partial charge on any atom is 0.471 e. The van der Waals surface area contributed by atoms with Gasteiger partial charge < -0.3 is 11.1 Å². The lowest BCUT2D eigenvalue weighted by Gasteiger charge is -2.15. The third kappa shape index (κ3) is 5.50. The van der Waals surface area contributed by atoms with Crippen LogP contribution in [-0.2, 0) is 14.9 Å². The summed E-state index contributed by atoms with van der Waals surface area (Å²) >= 11 is 0. The number of carbonyl (C=O) groups excluding carboxylic acids is 1. The number of carbonyl (C=O) groups is 1. The van der Waals surface area contributed by atoms with Gasteiger partial charge in [-0.2, -0.15) is 26.7 Å². The minimum atomic E-state index is -5.22. The summed E-state index contributed by atoms with van der Waals surface area (Å²) in [6, 6.07) is 16.9. The summed E-state index contributed by atoms with van der Waals surface area (Å²) in [4.78, 5) is 11.2. The Kier molecular flexibility index (Phi) is 6.96. The van der Waals surface area contributed by atoms with Crippen molar-refractivity contribution in [2.24, 2.45) is 10.2 Å². The van der Waals surface area contributed by atoms with Gasteiger partial charge in [0, 0.05) is 16.5 Å². The molecule has 4 aromatic rings. The van der Waals surface area contributed by atoms with Crippen LogP contribution in [-0.4, -0.2) is 25.1 Å². The molecule has 0 radical (unpaired) electrons. The van der Waals surface area contributed by atoms with Gasteiger partial charge in [0.2, 0.25) is 0 Å². The van der Waals surface area contributed by atoms with E-state index in [1.807, 2.05) is 26.0 Å². The number of hydrogen-bond donors (Lipinski definition) is 3. The zero-order chi connectivity index (χ0) is 27.8. The second-order valence-electron chi connectivity index (χ2n) is 8.51. The molecule has 0 aliphatic heterocycles. The van der Waals surface area contributed by atoms with E-state index in [4.69, 9.17) is 5.73 Å².